The van der Waals surface area contributed by atoms with E-state index in [9.17, 15) is 4.79 Å². The molecule has 1 atom stereocenters. The highest BCUT2D eigenvalue weighted by Gasteiger charge is 2.18. The zero-order chi connectivity index (χ0) is 17.2. The third kappa shape index (κ3) is 12.2. The maximum Gasteiger partial charge on any atom is 0.207 e. The largest absolute Gasteiger partial charge is 0.352 e. The molecule has 1 saturated heterocycles. The van der Waals surface area contributed by atoms with Gasteiger partial charge in [0, 0.05) is 6.54 Å². The van der Waals surface area contributed by atoms with Crippen LogP contribution in [0.1, 0.15) is 40.5 Å². The highest BCUT2D eigenvalue weighted by atomic mass is 16.1. The van der Waals surface area contributed by atoms with Gasteiger partial charge in [-0.15, -0.1) is 0 Å². The number of carbonyl (C=O) groups excluding carboxylic acids is 1. The van der Waals surface area contributed by atoms with Crippen LogP contribution in [0.2, 0.25) is 0 Å². The summed E-state index contributed by atoms with van der Waals surface area (Å²) < 4.78 is 0. The van der Waals surface area contributed by atoms with Crippen LogP contribution in [0.25, 0.3) is 0 Å². The van der Waals surface area contributed by atoms with Crippen LogP contribution in [-0.2, 0) is 4.79 Å². The van der Waals surface area contributed by atoms with Gasteiger partial charge in [0.25, 0.3) is 0 Å². The summed E-state index contributed by atoms with van der Waals surface area (Å²) in [6, 6.07) is 0.189. The third-order valence-corrected chi connectivity index (χ3v) is 3.15. The summed E-state index contributed by atoms with van der Waals surface area (Å²) in [4.78, 5) is 12.7. The van der Waals surface area contributed by atoms with Crippen LogP contribution in [0, 0.1) is 0 Å². The Morgan fingerprint density at radius 2 is 2.00 bits per heavy atom. The number of nitrogens with one attached hydrogen (secondary N) is 1. The Bertz CT molecular complexity index is 345. The molecule has 0 aromatic heterocycles. The normalized spacial score (nSPS) is 18.7. The van der Waals surface area contributed by atoms with Gasteiger partial charge in [0.05, 0.1) is 6.04 Å². The second kappa shape index (κ2) is 17.4. The minimum atomic E-state index is 0.189. The van der Waals surface area contributed by atoms with E-state index >= 15 is 0 Å². The molecule has 1 fully saturated rings. The van der Waals surface area contributed by atoms with Gasteiger partial charge < -0.3 is 5.32 Å². The number of rotatable bonds is 5. The van der Waals surface area contributed by atoms with Gasteiger partial charge in [-0.3, -0.25) is 9.69 Å². The number of likely N-dealkylation sites (N-methyl/N-ethyl adjacent to an activating group) is 1. The molecular weight excluding hydrogens is 272 g/mol. The Balaban J connectivity index is 0. The smallest absolute Gasteiger partial charge is 0.207 e. The lowest BCUT2D eigenvalue weighted by Gasteiger charge is -2.19. The van der Waals surface area contributed by atoms with Crippen LogP contribution in [0.3, 0.4) is 0 Å². The summed E-state index contributed by atoms with van der Waals surface area (Å²) >= 11 is 0. The number of hydrogen-bond donors (Lipinski definition) is 1. The van der Waals surface area contributed by atoms with Crippen molar-refractivity contribution >= 4 is 6.41 Å². The van der Waals surface area contributed by atoms with E-state index in [0.717, 1.165) is 44.5 Å². The summed E-state index contributed by atoms with van der Waals surface area (Å²) in [5, 5.41) is 2.81. The first-order chi connectivity index (χ1) is 10.7. The van der Waals surface area contributed by atoms with Crippen molar-refractivity contribution in [1.82, 2.24) is 10.2 Å². The summed E-state index contributed by atoms with van der Waals surface area (Å²) in [5.74, 6) is 0. The second-order valence-corrected chi connectivity index (χ2v) is 4.65. The molecule has 22 heavy (non-hydrogen) atoms. The van der Waals surface area contributed by atoms with Crippen molar-refractivity contribution in [3.8, 4) is 0 Å². The molecule has 0 aromatic rings. The first-order valence-electron chi connectivity index (χ1n) is 8.19. The summed E-state index contributed by atoms with van der Waals surface area (Å²) in [5.41, 5.74) is 1.13. The summed E-state index contributed by atoms with van der Waals surface area (Å²) in [6.07, 6.45) is 12.4. The Morgan fingerprint density at radius 3 is 2.50 bits per heavy atom. The lowest BCUT2D eigenvalue weighted by molar-refractivity contribution is -0.110. The SMILES string of the molecule is C=C/C=C\C=C/C.C=C1CN(CC)CCCC1NC=O.CC. The molecule has 1 N–H and O–H groups in total. The van der Waals surface area contributed by atoms with Gasteiger partial charge in [-0.1, -0.05) is 64.3 Å². The maximum atomic E-state index is 10.3. The van der Waals surface area contributed by atoms with Crippen LogP contribution >= 0.6 is 0 Å². The molecule has 3 nitrogen and oxygen atoms in total. The fourth-order valence-corrected chi connectivity index (χ4v) is 2.01. The van der Waals surface area contributed by atoms with E-state index in [2.05, 4.69) is 30.3 Å². The Morgan fingerprint density at radius 1 is 1.32 bits per heavy atom. The van der Waals surface area contributed by atoms with Crippen LogP contribution in [0.5, 0.6) is 0 Å². The summed E-state index contributed by atoms with van der Waals surface area (Å²) in [7, 11) is 0. The number of amides is 1. The topological polar surface area (TPSA) is 32.3 Å². The fourth-order valence-electron chi connectivity index (χ4n) is 2.01. The van der Waals surface area contributed by atoms with E-state index in [-0.39, 0.29) is 6.04 Å². The lowest BCUT2D eigenvalue weighted by atomic mass is 10.1. The molecular formula is C19H34N2O. The Kier molecular flexibility index (Phi) is 18.0. The molecule has 0 saturated carbocycles. The van der Waals surface area contributed by atoms with Gasteiger partial charge in [0.15, 0.2) is 0 Å². The van der Waals surface area contributed by atoms with Gasteiger partial charge in [-0.2, -0.15) is 0 Å². The van der Waals surface area contributed by atoms with Crippen molar-refractivity contribution in [2.45, 2.75) is 46.6 Å². The zero-order valence-corrected chi connectivity index (χ0v) is 14.8. The lowest BCUT2D eigenvalue weighted by Crippen LogP contribution is -2.32. The van der Waals surface area contributed by atoms with Gasteiger partial charge in [0.2, 0.25) is 6.41 Å². The monoisotopic (exact) mass is 306 g/mol. The van der Waals surface area contributed by atoms with Crippen LogP contribution < -0.4 is 5.32 Å². The van der Waals surface area contributed by atoms with Crippen molar-refractivity contribution < 1.29 is 4.79 Å². The van der Waals surface area contributed by atoms with E-state index in [0.29, 0.717) is 0 Å². The van der Waals surface area contributed by atoms with Crippen LogP contribution in [0.15, 0.2) is 49.1 Å². The molecule has 0 bridgehead atoms. The van der Waals surface area contributed by atoms with Crippen molar-refractivity contribution in [2.24, 2.45) is 0 Å². The fraction of sp³-hybridized carbons (Fsp3) is 0.526. The van der Waals surface area contributed by atoms with Gasteiger partial charge in [-0.25, -0.2) is 0 Å². The molecule has 3 heteroatoms. The maximum absolute atomic E-state index is 10.3. The molecule has 0 radical (unpaired) electrons. The number of allylic oxidation sites excluding steroid dienone is 5. The van der Waals surface area contributed by atoms with Crippen molar-refractivity contribution in [1.29, 1.82) is 0 Å². The predicted molar refractivity (Wildman–Crippen MR) is 99.0 cm³/mol. The van der Waals surface area contributed by atoms with Gasteiger partial charge in [0.1, 0.15) is 0 Å². The van der Waals surface area contributed by atoms with E-state index in [1.807, 2.05) is 45.1 Å². The van der Waals surface area contributed by atoms with Gasteiger partial charge in [-0.05, 0) is 38.4 Å². The average Bonchev–Trinajstić information content (AvgIpc) is 2.73. The molecule has 0 aromatic carbocycles. The second-order valence-electron chi connectivity index (χ2n) is 4.65. The van der Waals surface area contributed by atoms with E-state index < -0.39 is 0 Å². The Labute approximate surface area is 137 Å². The molecule has 1 amide bonds. The average molecular weight is 306 g/mol. The van der Waals surface area contributed by atoms with E-state index in [1.54, 1.807) is 6.08 Å². The summed E-state index contributed by atoms with van der Waals surface area (Å²) in [6.45, 7) is 18.8. The number of carbonyl (C=O) groups is 1. The zero-order valence-electron chi connectivity index (χ0n) is 14.8. The molecule has 1 rings (SSSR count). The van der Waals surface area contributed by atoms with Crippen molar-refractivity contribution in [3.63, 3.8) is 0 Å². The molecule has 0 aliphatic carbocycles. The molecule has 1 heterocycles. The Hall–Kier alpha value is -1.61. The van der Waals surface area contributed by atoms with E-state index in [4.69, 9.17) is 0 Å². The van der Waals surface area contributed by atoms with Crippen molar-refractivity contribution in [2.75, 3.05) is 19.6 Å². The molecule has 1 unspecified atom stereocenters. The number of nitrogens with zero attached hydrogens (tertiary/aromatic N) is 1. The molecule has 0 spiro atoms. The minimum absolute atomic E-state index is 0.189. The third-order valence-electron chi connectivity index (χ3n) is 3.15. The van der Waals surface area contributed by atoms with Gasteiger partial charge >= 0.3 is 0 Å². The number of hydrogen-bond acceptors (Lipinski definition) is 2. The molecule has 1 aliphatic rings. The molecule has 1 aliphatic heterocycles. The highest BCUT2D eigenvalue weighted by Crippen LogP contribution is 2.14. The standard InChI is InChI=1S/C10H18N2O.C7H10.C2H6/c1-3-12-6-4-5-10(11-8-13)9(2)7-12;1-3-5-7-6-4-2;1-2/h8,10H,2-7H2,1H3,(H,11,13);3-7H,1H2,2H3;1-2H3/b;6-4-,7-5-;. The number of likely N-dealkylation sites (tertiary alicyclic amines) is 1. The van der Waals surface area contributed by atoms with Crippen LogP contribution in [0.4, 0.5) is 0 Å². The first-order valence-corrected chi connectivity index (χ1v) is 8.19. The first kappa shape index (κ1) is 22.7. The predicted octanol–water partition coefficient (Wildman–Crippen LogP) is 4.10. The van der Waals surface area contributed by atoms with Crippen molar-refractivity contribution in [3.05, 3.63) is 49.1 Å². The van der Waals surface area contributed by atoms with E-state index in [1.165, 1.54) is 0 Å². The quantitative estimate of drug-likeness (QED) is 0.471. The highest BCUT2D eigenvalue weighted by molar-refractivity contribution is 5.48. The van der Waals surface area contributed by atoms with Crippen LogP contribution in [-0.4, -0.2) is 37.0 Å². The molecule has 126 valence electrons. The minimum Gasteiger partial charge on any atom is -0.352 e.